The maximum Gasteiger partial charge on any atom is 0.0887 e. The molecule has 2 rings (SSSR count). The summed E-state index contributed by atoms with van der Waals surface area (Å²) in [7, 11) is 2.01. The largest absolute Gasteiger partial charge is 0.375 e. The van der Waals surface area contributed by atoms with Crippen LogP contribution in [0.25, 0.3) is 0 Å². The summed E-state index contributed by atoms with van der Waals surface area (Å²) in [4.78, 5) is 1.27. The molecular weight excluding hydrogens is 334 g/mol. The highest BCUT2D eigenvalue weighted by atomic mass is 79.9. The van der Waals surface area contributed by atoms with Gasteiger partial charge in [-0.3, -0.25) is 0 Å². The Balaban J connectivity index is 2.28. The lowest BCUT2D eigenvalue weighted by Gasteiger charge is -2.27. The lowest BCUT2D eigenvalue weighted by atomic mass is 9.83. The zero-order chi connectivity index (χ0) is 13.4. The molecule has 0 amide bonds. The third-order valence-electron chi connectivity index (χ3n) is 3.99. The highest BCUT2D eigenvalue weighted by Crippen LogP contribution is 2.44. The minimum absolute atomic E-state index is 0.270. The smallest absolute Gasteiger partial charge is 0.0887 e. The average Bonchev–Trinajstić information content (AvgIpc) is 2.75. The van der Waals surface area contributed by atoms with Gasteiger partial charge < -0.3 is 10.1 Å². The van der Waals surface area contributed by atoms with Gasteiger partial charge in [0.1, 0.15) is 0 Å². The van der Waals surface area contributed by atoms with Crippen molar-refractivity contribution in [3.63, 3.8) is 0 Å². The molecule has 5 heteroatoms. The number of ether oxygens (including phenoxy) is 1. The van der Waals surface area contributed by atoms with Gasteiger partial charge in [0.15, 0.2) is 0 Å². The topological polar surface area (TPSA) is 21.3 Å². The van der Waals surface area contributed by atoms with Gasteiger partial charge in [-0.25, -0.2) is 0 Å². The molecule has 1 aliphatic heterocycles. The van der Waals surface area contributed by atoms with Crippen LogP contribution in [0.2, 0.25) is 5.02 Å². The minimum atomic E-state index is 0.270. The Bertz CT molecular complexity index is 406. The van der Waals surface area contributed by atoms with Gasteiger partial charge in [0, 0.05) is 16.8 Å². The van der Waals surface area contributed by atoms with Crippen LogP contribution in [0, 0.1) is 11.8 Å². The summed E-state index contributed by atoms with van der Waals surface area (Å²) in [5.41, 5.74) is 0. The molecule has 1 saturated heterocycles. The van der Waals surface area contributed by atoms with Crippen molar-refractivity contribution >= 4 is 38.9 Å². The van der Waals surface area contributed by atoms with Gasteiger partial charge in [-0.15, -0.1) is 11.3 Å². The van der Waals surface area contributed by atoms with Crippen molar-refractivity contribution in [1.29, 1.82) is 0 Å². The summed E-state index contributed by atoms with van der Waals surface area (Å²) in [5.74, 6) is 1.02. The second-order valence-electron chi connectivity index (χ2n) is 5.02. The summed E-state index contributed by atoms with van der Waals surface area (Å²) in [6.07, 6.45) is 0.590. The van der Waals surface area contributed by atoms with Crippen LogP contribution < -0.4 is 5.32 Å². The molecule has 1 aromatic rings. The van der Waals surface area contributed by atoms with Crippen LogP contribution in [0.5, 0.6) is 0 Å². The molecule has 18 heavy (non-hydrogen) atoms. The SMILES string of the molecule is CNC(c1cc(Cl)c(Br)s1)C1C(C)OC(C)C1C. The van der Waals surface area contributed by atoms with E-state index in [9.17, 15) is 0 Å². The van der Waals surface area contributed by atoms with Gasteiger partial charge >= 0.3 is 0 Å². The standard InChI is InChI=1S/C13H19BrClNOS/c1-6-7(2)17-8(3)11(6)12(16-4)10-5-9(15)13(14)18-10/h5-8,11-12,16H,1-4H3. The van der Waals surface area contributed by atoms with Crippen LogP contribution in [0.15, 0.2) is 9.85 Å². The molecule has 1 fully saturated rings. The van der Waals surface area contributed by atoms with Crippen LogP contribution in [0.3, 0.4) is 0 Å². The van der Waals surface area contributed by atoms with E-state index in [0.717, 1.165) is 8.81 Å². The fourth-order valence-corrected chi connectivity index (χ4v) is 4.82. The van der Waals surface area contributed by atoms with E-state index in [1.807, 2.05) is 7.05 Å². The summed E-state index contributed by atoms with van der Waals surface area (Å²) >= 11 is 11.3. The van der Waals surface area contributed by atoms with Gasteiger partial charge in [-0.1, -0.05) is 18.5 Å². The molecule has 0 radical (unpaired) electrons. The maximum atomic E-state index is 6.14. The lowest BCUT2D eigenvalue weighted by Crippen LogP contribution is -2.32. The lowest BCUT2D eigenvalue weighted by molar-refractivity contribution is 0.0479. The molecule has 0 aliphatic carbocycles. The number of rotatable bonds is 3. The molecule has 102 valence electrons. The Hall–Kier alpha value is 0.390. The van der Waals surface area contributed by atoms with Crippen LogP contribution in [0.1, 0.15) is 31.7 Å². The van der Waals surface area contributed by atoms with Crippen molar-refractivity contribution in [1.82, 2.24) is 5.32 Å². The Kier molecular flexibility index (Phi) is 4.76. The summed E-state index contributed by atoms with van der Waals surface area (Å²) in [6, 6.07) is 2.36. The van der Waals surface area contributed by atoms with Crippen molar-refractivity contribution in [3.8, 4) is 0 Å². The Labute approximate surface area is 126 Å². The highest BCUT2D eigenvalue weighted by Gasteiger charge is 2.42. The van der Waals surface area contributed by atoms with Gasteiger partial charge in [-0.2, -0.15) is 0 Å². The first-order valence-electron chi connectivity index (χ1n) is 6.23. The van der Waals surface area contributed by atoms with Crippen LogP contribution in [-0.2, 0) is 4.74 Å². The molecule has 2 heterocycles. The predicted octanol–water partition coefficient (Wildman–Crippen LogP) is 4.48. The van der Waals surface area contributed by atoms with Crippen molar-refractivity contribution < 1.29 is 4.74 Å². The van der Waals surface area contributed by atoms with Crippen molar-refractivity contribution in [3.05, 3.63) is 19.8 Å². The van der Waals surface area contributed by atoms with Crippen molar-refractivity contribution in [2.75, 3.05) is 7.05 Å². The van der Waals surface area contributed by atoms with Crippen molar-refractivity contribution in [2.24, 2.45) is 11.8 Å². The molecular formula is C13H19BrClNOS. The fourth-order valence-electron chi connectivity index (χ4n) is 2.91. The fraction of sp³-hybridized carbons (Fsp3) is 0.692. The van der Waals surface area contributed by atoms with Crippen molar-refractivity contribution in [2.45, 2.75) is 39.0 Å². The maximum absolute atomic E-state index is 6.14. The zero-order valence-corrected chi connectivity index (χ0v) is 14.2. The molecule has 0 saturated carbocycles. The molecule has 0 spiro atoms. The number of halogens is 2. The van der Waals surface area contributed by atoms with E-state index in [1.54, 1.807) is 11.3 Å². The minimum Gasteiger partial charge on any atom is -0.375 e. The number of hydrogen-bond donors (Lipinski definition) is 1. The van der Waals surface area contributed by atoms with Gasteiger partial charge in [-0.05, 0) is 48.8 Å². The molecule has 2 nitrogen and oxygen atoms in total. The first-order valence-corrected chi connectivity index (χ1v) is 8.22. The second-order valence-corrected chi connectivity index (χ2v) is 7.83. The molecule has 5 atom stereocenters. The second kappa shape index (κ2) is 5.80. The van der Waals surface area contributed by atoms with E-state index < -0.39 is 0 Å². The van der Waals surface area contributed by atoms with E-state index in [0.29, 0.717) is 24.0 Å². The molecule has 1 aromatic heterocycles. The van der Waals surface area contributed by atoms with Crippen LogP contribution >= 0.6 is 38.9 Å². The van der Waals surface area contributed by atoms with Gasteiger partial charge in [0.05, 0.1) is 21.0 Å². The third-order valence-corrected chi connectivity index (χ3v) is 6.54. The normalized spacial score (nSPS) is 33.9. The van der Waals surface area contributed by atoms with E-state index in [4.69, 9.17) is 16.3 Å². The van der Waals surface area contributed by atoms with E-state index in [2.05, 4.69) is 48.1 Å². The van der Waals surface area contributed by atoms with E-state index >= 15 is 0 Å². The Morgan fingerprint density at radius 2 is 2.06 bits per heavy atom. The number of thiophene rings is 1. The quantitative estimate of drug-likeness (QED) is 0.865. The molecule has 5 unspecified atom stereocenters. The number of nitrogens with one attached hydrogen (secondary N) is 1. The summed E-state index contributed by atoms with van der Waals surface area (Å²) < 4.78 is 6.95. The first-order chi connectivity index (χ1) is 8.45. The van der Waals surface area contributed by atoms with E-state index in [-0.39, 0.29) is 6.10 Å². The third kappa shape index (κ3) is 2.63. The zero-order valence-electron chi connectivity index (χ0n) is 11.0. The number of hydrogen-bond acceptors (Lipinski definition) is 3. The Morgan fingerprint density at radius 1 is 1.39 bits per heavy atom. The summed E-state index contributed by atoms with van der Waals surface area (Å²) in [6.45, 7) is 6.60. The highest BCUT2D eigenvalue weighted by molar-refractivity contribution is 9.11. The van der Waals surface area contributed by atoms with E-state index in [1.165, 1.54) is 4.88 Å². The summed E-state index contributed by atoms with van der Waals surface area (Å²) in [5, 5.41) is 4.23. The van der Waals surface area contributed by atoms with Crippen LogP contribution in [0.4, 0.5) is 0 Å². The molecule has 0 bridgehead atoms. The predicted molar refractivity (Wildman–Crippen MR) is 81.5 cm³/mol. The monoisotopic (exact) mass is 351 g/mol. The van der Waals surface area contributed by atoms with Gasteiger partial charge in [0.2, 0.25) is 0 Å². The first kappa shape index (κ1) is 14.8. The molecule has 1 N–H and O–H groups in total. The molecule has 1 aliphatic rings. The average molecular weight is 353 g/mol. The Morgan fingerprint density at radius 3 is 2.44 bits per heavy atom. The van der Waals surface area contributed by atoms with Gasteiger partial charge in [0.25, 0.3) is 0 Å². The molecule has 0 aromatic carbocycles. The van der Waals surface area contributed by atoms with Crippen LogP contribution in [-0.4, -0.2) is 19.3 Å².